The average Bonchev–Trinajstić information content (AvgIpc) is 3.25. The zero-order chi connectivity index (χ0) is 15.9. The molecule has 0 radical (unpaired) electrons. The lowest BCUT2D eigenvalue weighted by atomic mass is 9.85. The fourth-order valence-electron chi connectivity index (χ4n) is 3.89. The highest BCUT2D eigenvalue weighted by atomic mass is 32.1. The van der Waals surface area contributed by atoms with Crippen LogP contribution >= 0.6 is 11.3 Å². The summed E-state index contributed by atoms with van der Waals surface area (Å²) >= 11 is 1.71. The highest BCUT2D eigenvalue weighted by Crippen LogP contribution is 2.45. The van der Waals surface area contributed by atoms with E-state index in [9.17, 15) is 9.59 Å². The highest BCUT2D eigenvalue weighted by molar-refractivity contribution is 7.17. The Morgan fingerprint density at radius 1 is 1.30 bits per heavy atom. The summed E-state index contributed by atoms with van der Waals surface area (Å²) in [4.78, 5) is 24.3. The summed E-state index contributed by atoms with van der Waals surface area (Å²) in [6.07, 6.45) is 3.92. The van der Waals surface area contributed by atoms with Crippen molar-refractivity contribution in [2.75, 3.05) is 0 Å². The van der Waals surface area contributed by atoms with E-state index >= 15 is 0 Å². The molecule has 120 valence electrons. The summed E-state index contributed by atoms with van der Waals surface area (Å²) in [6.45, 7) is 0.491. The lowest BCUT2D eigenvalue weighted by Gasteiger charge is -2.27. The number of fused-ring (bicyclic) bond motifs is 1. The molecule has 2 aromatic rings. The van der Waals surface area contributed by atoms with E-state index in [4.69, 9.17) is 4.74 Å². The van der Waals surface area contributed by atoms with Gasteiger partial charge in [-0.05, 0) is 60.2 Å². The van der Waals surface area contributed by atoms with Crippen molar-refractivity contribution in [3.63, 3.8) is 0 Å². The molecule has 23 heavy (non-hydrogen) atoms. The minimum atomic E-state index is -0.529. The van der Waals surface area contributed by atoms with Crippen LogP contribution in [0.25, 0.3) is 10.1 Å². The normalized spacial score (nSPS) is 22.6. The van der Waals surface area contributed by atoms with Crippen molar-refractivity contribution in [3.8, 4) is 0 Å². The van der Waals surface area contributed by atoms with Crippen LogP contribution in [0.15, 0.2) is 29.6 Å². The molecule has 1 atom stereocenters. The number of rotatable bonds is 3. The molecule has 1 N–H and O–H groups in total. The van der Waals surface area contributed by atoms with E-state index in [-0.39, 0.29) is 24.2 Å². The first-order valence-electron chi connectivity index (χ1n) is 8.12. The van der Waals surface area contributed by atoms with Crippen LogP contribution in [0, 0.1) is 5.92 Å². The molecule has 4 nitrogen and oxygen atoms in total. The molecule has 1 aliphatic carbocycles. The molecular formula is C18H19NO3S. The van der Waals surface area contributed by atoms with E-state index in [2.05, 4.69) is 28.9 Å². The van der Waals surface area contributed by atoms with Gasteiger partial charge in [0.15, 0.2) is 0 Å². The molecule has 2 aliphatic rings. The quantitative estimate of drug-likeness (QED) is 0.878. The van der Waals surface area contributed by atoms with Gasteiger partial charge in [-0.25, -0.2) is 0 Å². The Balaban J connectivity index is 1.45. The van der Waals surface area contributed by atoms with Gasteiger partial charge >= 0.3 is 5.97 Å². The van der Waals surface area contributed by atoms with E-state index in [1.165, 1.54) is 10.1 Å². The number of carbonyl (C=O) groups is 2. The van der Waals surface area contributed by atoms with Gasteiger partial charge in [0.2, 0.25) is 5.91 Å². The SMILES string of the molecule is O=C1C[C@@H](C(=O)NCc2ccc3sccc3c2)C2(CCCC2)O1. The third-order valence-electron chi connectivity index (χ3n) is 5.07. The largest absolute Gasteiger partial charge is 0.458 e. The Kier molecular flexibility index (Phi) is 3.60. The van der Waals surface area contributed by atoms with Crippen molar-refractivity contribution < 1.29 is 14.3 Å². The molecule has 2 fully saturated rings. The molecule has 1 spiro atoms. The van der Waals surface area contributed by atoms with Crippen molar-refractivity contribution in [3.05, 3.63) is 35.2 Å². The van der Waals surface area contributed by atoms with Gasteiger partial charge in [-0.3, -0.25) is 9.59 Å². The lowest BCUT2D eigenvalue weighted by molar-refractivity contribution is -0.149. The van der Waals surface area contributed by atoms with Crippen molar-refractivity contribution >= 4 is 33.3 Å². The van der Waals surface area contributed by atoms with E-state index < -0.39 is 5.60 Å². The minimum Gasteiger partial charge on any atom is -0.458 e. The van der Waals surface area contributed by atoms with Crippen molar-refractivity contribution in [1.82, 2.24) is 5.32 Å². The highest BCUT2D eigenvalue weighted by Gasteiger charge is 2.53. The molecule has 2 heterocycles. The zero-order valence-corrected chi connectivity index (χ0v) is 13.7. The summed E-state index contributed by atoms with van der Waals surface area (Å²) in [7, 11) is 0. The second-order valence-electron chi connectivity index (χ2n) is 6.51. The van der Waals surface area contributed by atoms with E-state index in [1.54, 1.807) is 11.3 Å². The van der Waals surface area contributed by atoms with Crippen LogP contribution in [0.5, 0.6) is 0 Å². The number of benzene rings is 1. The fraction of sp³-hybridized carbons (Fsp3) is 0.444. The Morgan fingerprint density at radius 2 is 2.13 bits per heavy atom. The summed E-state index contributed by atoms with van der Waals surface area (Å²) in [5.74, 6) is -0.614. The van der Waals surface area contributed by atoms with Gasteiger partial charge < -0.3 is 10.1 Å². The monoisotopic (exact) mass is 329 g/mol. The van der Waals surface area contributed by atoms with Crippen molar-refractivity contribution in [1.29, 1.82) is 0 Å². The van der Waals surface area contributed by atoms with Crippen molar-refractivity contribution in [2.45, 2.75) is 44.2 Å². The van der Waals surface area contributed by atoms with Gasteiger partial charge in [-0.1, -0.05) is 6.07 Å². The number of esters is 1. The van der Waals surface area contributed by atoms with Crippen LogP contribution in [-0.2, 0) is 20.9 Å². The number of hydrogen-bond acceptors (Lipinski definition) is 4. The maximum atomic E-state index is 12.6. The summed E-state index contributed by atoms with van der Waals surface area (Å²) in [5, 5.41) is 6.27. The van der Waals surface area contributed by atoms with Gasteiger partial charge in [0.1, 0.15) is 5.60 Å². The molecule has 1 aliphatic heterocycles. The van der Waals surface area contributed by atoms with Crippen LogP contribution in [0.4, 0.5) is 0 Å². The first-order chi connectivity index (χ1) is 11.2. The number of nitrogens with one attached hydrogen (secondary N) is 1. The lowest BCUT2D eigenvalue weighted by Crippen LogP contribution is -2.42. The maximum Gasteiger partial charge on any atom is 0.307 e. The van der Waals surface area contributed by atoms with Crippen LogP contribution in [0.1, 0.15) is 37.7 Å². The third kappa shape index (κ3) is 2.63. The van der Waals surface area contributed by atoms with Gasteiger partial charge in [0, 0.05) is 11.2 Å². The van der Waals surface area contributed by atoms with Crippen LogP contribution in [-0.4, -0.2) is 17.5 Å². The molecule has 1 amide bonds. The first kappa shape index (κ1) is 14.7. The number of ether oxygens (including phenoxy) is 1. The second kappa shape index (κ2) is 5.64. The molecule has 1 aromatic carbocycles. The Labute approximate surface area is 138 Å². The molecule has 1 aromatic heterocycles. The van der Waals surface area contributed by atoms with Gasteiger partial charge in [0.25, 0.3) is 0 Å². The number of thiophene rings is 1. The minimum absolute atomic E-state index is 0.0526. The van der Waals surface area contributed by atoms with Crippen LogP contribution < -0.4 is 5.32 Å². The average molecular weight is 329 g/mol. The van der Waals surface area contributed by atoms with Gasteiger partial charge in [-0.2, -0.15) is 0 Å². The molecular weight excluding hydrogens is 310 g/mol. The Hall–Kier alpha value is -1.88. The Bertz CT molecular complexity index is 760. The van der Waals surface area contributed by atoms with Crippen molar-refractivity contribution in [2.24, 2.45) is 5.92 Å². The molecule has 1 saturated carbocycles. The summed E-state index contributed by atoms with van der Waals surface area (Å²) in [6, 6.07) is 8.32. The molecule has 5 heteroatoms. The molecule has 0 bridgehead atoms. The smallest absolute Gasteiger partial charge is 0.307 e. The number of hydrogen-bond donors (Lipinski definition) is 1. The molecule has 4 rings (SSSR count). The van der Waals surface area contributed by atoms with E-state index in [1.807, 2.05) is 6.07 Å². The van der Waals surface area contributed by atoms with Gasteiger partial charge in [0.05, 0.1) is 12.3 Å². The molecule has 0 unspecified atom stereocenters. The number of carbonyl (C=O) groups excluding carboxylic acids is 2. The zero-order valence-electron chi connectivity index (χ0n) is 12.8. The topological polar surface area (TPSA) is 55.4 Å². The fourth-order valence-corrected chi connectivity index (χ4v) is 4.66. The predicted molar refractivity (Wildman–Crippen MR) is 89.1 cm³/mol. The first-order valence-corrected chi connectivity index (χ1v) is 9.00. The number of amides is 1. The Morgan fingerprint density at radius 3 is 2.96 bits per heavy atom. The maximum absolute atomic E-state index is 12.6. The summed E-state index contributed by atoms with van der Waals surface area (Å²) in [5.41, 5.74) is 0.549. The van der Waals surface area contributed by atoms with Crippen LogP contribution in [0.2, 0.25) is 0 Å². The van der Waals surface area contributed by atoms with Crippen LogP contribution in [0.3, 0.4) is 0 Å². The molecule has 1 saturated heterocycles. The predicted octanol–water partition coefficient (Wildman–Crippen LogP) is 3.39. The third-order valence-corrected chi connectivity index (χ3v) is 5.97. The van der Waals surface area contributed by atoms with E-state index in [0.717, 1.165) is 31.2 Å². The standard InChI is InChI=1S/C18H19NO3S/c20-16-10-14(18(22-16)6-1-2-7-18)17(21)19-11-12-3-4-15-13(9-12)5-8-23-15/h3-5,8-9,14H,1-2,6-7,10-11H2,(H,19,21)/t14-/m0/s1. The summed E-state index contributed by atoms with van der Waals surface area (Å²) < 4.78 is 6.79. The van der Waals surface area contributed by atoms with Gasteiger partial charge in [-0.15, -0.1) is 11.3 Å². The second-order valence-corrected chi connectivity index (χ2v) is 7.46. The van der Waals surface area contributed by atoms with E-state index in [0.29, 0.717) is 6.54 Å².